The van der Waals surface area contributed by atoms with Crippen molar-refractivity contribution >= 4 is 18.0 Å². The molecule has 4 heteroatoms. The summed E-state index contributed by atoms with van der Waals surface area (Å²) < 4.78 is 0. The first-order chi connectivity index (χ1) is 9.54. The molecular formula is C16H16O4. The van der Waals surface area contributed by atoms with Gasteiger partial charge in [-0.15, -0.1) is 0 Å². The lowest BCUT2D eigenvalue weighted by atomic mass is 10.0. The van der Waals surface area contributed by atoms with E-state index in [1.165, 1.54) is 12.2 Å². The molecule has 0 radical (unpaired) electrons. The molecule has 0 aliphatic rings. The first kappa shape index (κ1) is 15.4. The van der Waals surface area contributed by atoms with Crippen molar-refractivity contribution in [2.75, 3.05) is 0 Å². The second-order valence-corrected chi connectivity index (χ2v) is 4.01. The van der Waals surface area contributed by atoms with Gasteiger partial charge >= 0.3 is 11.9 Å². The Labute approximate surface area is 117 Å². The van der Waals surface area contributed by atoms with Gasteiger partial charge in [0.2, 0.25) is 0 Å². The van der Waals surface area contributed by atoms with Crippen LogP contribution in [0.3, 0.4) is 0 Å². The van der Waals surface area contributed by atoms with E-state index in [4.69, 9.17) is 5.11 Å². The van der Waals surface area contributed by atoms with E-state index in [9.17, 15) is 14.7 Å². The van der Waals surface area contributed by atoms with Crippen LogP contribution in [0.25, 0.3) is 6.08 Å². The highest BCUT2D eigenvalue weighted by Gasteiger charge is 2.08. The van der Waals surface area contributed by atoms with Crippen LogP contribution >= 0.6 is 0 Å². The SMILES string of the molecule is CCC(C=CC(=O)O)=C(C=Cc1ccccc1)C(=O)O. The minimum absolute atomic E-state index is 0.0915. The Hall–Kier alpha value is -2.62. The number of carboxylic acids is 2. The second kappa shape index (κ2) is 7.74. The second-order valence-electron chi connectivity index (χ2n) is 4.01. The number of benzene rings is 1. The fraction of sp³-hybridized carbons (Fsp3) is 0.125. The van der Waals surface area contributed by atoms with Crippen LogP contribution in [0, 0.1) is 0 Å². The molecule has 0 unspecified atom stereocenters. The molecule has 1 aromatic rings. The lowest BCUT2D eigenvalue weighted by molar-refractivity contribution is -0.133. The molecule has 104 valence electrons. The molecule has 0 aliphatic heterocycles. The normalized spacial score (nSPS) is 12.7. The number of rotatable bonds is 6. The van der Waals surface area contributed by atoms with Crippen molar-refractivity contribution in [3.63, 3.8) is 0 Å². The van der Waals surface area contributed by atoms with Crippen LogP contribution in [-0.2, 0) is 9.59 Å². The predicted molar refractivity (Wildman–Crippen MR) is 77.2 cm³/mol. The van der Waals surface area contributed by atoms with Crippen LogP contribution < -0.4 is 0 Å². The summed E-state index contributed by atoms with van der Waals surface area (Å²) in [4.78, 5) is 21.8. The van der Waals surface area contributed by atoms with Crippen molar-refractivity contribution in [2.24, 2.45) is 0 Å². The molecule has 0 saturated carbocycles. The molecule has 20 heavy (non-hydrogen) atoms. The molecule has 0 fully saturated rings. The van der Waals surface area contributed by atoms with Gasteiger partial charge in [0.05, 0.1) is 5.57 Å². The van der Waals surface area contributed by atoms with E-state index in [1.54, 1.807) is 13.0 Å². The number of carbonyl (C=O) groups is 2. The van der Waals surface area contributed by atoms with Crippen molar-refractivity contribution in [2.45, 2.75) is 13.3 Å². The van der Waals surface area contributed by atoms with Crippen LogP contribution in [0.5, 0.6) is 0 Å². The van der Waals surface area contributed by atoms with Crippen molar-refractivity contribution in [3.05, 3.63) is 65.3 Å². The molecule has 2 N–H and O–H groups in total. The molecule has 0 atom stereocenters. The van der Waals surface area contributed by atoms with Crippen LogP contribution in [0.1, 0.15) is 18.9 Å². The van der Waals surface area contributed by atoms with Crippen molar-refractivity contribution < 1.29 is 19.8 Å². The van der Waals surface area contributed by atoms with Crippen LogP contribution in [0.2, 0.25) is 0 Å². The summed E-state index contributed by atoms with van der Waals surface area (Å²) in [5, 5.41) is 17.8. The number of carboxylic acid groups (broad SMARTS) is 2. The Balaban J connectivity index is 3.12. The molecule has 4 nitrogen and oxygen atoms in total. The van der Waals surface area contributed by atoms with E-state index < -0.39 is 11.9 Å². The molecule has 0 spiro atoms. The number of hydrogen-bond acceptors (Lipinski definition) is 2. The van der Waals surface area contributed by atoms with Gasteiger partial charge in [-0.2, -0.15) is 0 Å². The maximum absolute atomic E-state index is 11.3. The lowest BCUT2D eigenvalue weighted by Crippen LogP contribution is -2.01. The van der Waals surface area contributed by atoms with Gasteiger partial charge in [0.25, 0.3) is 0 Å². The number of hydrogen-bond donors (Lipinski definition) is 2. The van der Waals surface area contributed by atoms with E-state index in [2.05, 4.69) is 0 Å². The molecule has 0 heterocycles. The van der Waals surface area contributed by atoms with Crippen molar-refractivity contribution in [1.29, 1.82) is 0 Å². The fourth-order valence-corrected chi connectivity index (χ4v) is 1.63. The molecule has 0 aromatic heterocycles. The smallest absolute Gasteiger partial charge is 0.335 e. The first-order valence-electron chi connectivity index (χ1n) is 6.15. The molecule has 0 aliphatic carbocycles. The maximum atomic E-state index is 11.3. The zero-order valence-electron chi connectivity index (χ0n) is 11.1. The third kappa shape index (κ3) is 4.94. The van der Waals surface area contributed by atoms with Gasteiger partial charge in [-0.05, 0) is 23.6 Å². The summed E-state index contributed by atoms with van der Waals surface area (Å²) in [7, 11) is 0. The Bertz CT molecular complexity index is 565. The van der Waals surface area contributed by atoms with Crippen LogP contribution in [-0.4, -0.2) is 22.2 Å². The summed E-state index contributed by atoms with van der Waals surface area (Å²) in [5.74, 6) is -2.18. The van der Waals surface area contributed by atoms with E-state index >= 15 is 0 Å². The van der Waals surface area contributed by atoms with Gasteiger partial charge in [-0.25, -0.2) is 9.59 Å². The molecule has 0 saturated heterocycles. The molecular weight excluding hydrogens is 256 g/mol. The van der Waals surface area contributed by atoms with E-state index in [0.717, 1.165) is 11.6 Å². The Morgan fingerprint density at radius 1 is 1.05 bits per heavy atom. The zero-order valence-corrected chi connectivity index (χ0v) is 11.1. The third-order valence-corrected chi connectivity index (χ3v) is 2.63. The monoisotopic (exact) mass is 272 g/mol. The Morgan fingerprint density at radius 3 is 2.20 bits per heavy atom. The van der Waals surface area contributed by atoms with Gasteiger partial charge in [0.1, 0.15) is 0 Å². The minimum Gasteiger partial charge on any atom is -0.478 e. The highest BCUT2D eigenvalue weighted by Crippen LogP contribution is 2.14. The predicted octanol–water partition coefficient (Wildman–Crippen LogP) is 3.13. The number of allylic oxidation sites excluding steroid dienone is 2. The Kier molecular flexibility index (Phi) is 5.97. The standard InChI is InChI=1S/C16H16O4/c1-2-13(9-11-15(17)18)14(16(19)20)10-8-12-6-4-3-5-7-12/h3-11H,2H2,1H3,(H,17,18)(H,19,20). The molecule has 0 bridgehead atoms. The molecule has 1 rings (SSSR count). The average Bonchev–Trinajstić information content (AvgIpc) is 2.42. The summed E-state index contributed by atoms with van der Waals surface area (Å²) in [6.07, 6.45) is 5.88. The maximum Gasteiger partial charge on any atom is 0.335 e. The summed E-state index contributed by atoms with van der Waals surface area (Å²) in [6, 6.07) is 9.30. The van der Waals surface area contributed by atoms with E-state index in [1.807, 2.05) is 30.3 Å². The Morgan fingerprint density at radius 2 is 1.70 bits per heavy atom. The van der Waals surface area contributed by atoms with Gasteiger partial charge in [0, 0.05) is 6.08 Å². The third-order valence-electron chi connectivity index (χ3n) is 2.63. The van der Waals surface area contributed by atoms with E-state index in [-0.39, 0.29) is 5.57 Å². The fourth-order valence-electron chi connectivity index (χ4n) is 1.63. The van der Waals surface area contributed by atoms with Crippen molar-refractivity contribution in [3.8, 4) is 0 Å². The summed E-state index contributed by atoms with van der Waals surface area (Å²) >= 11 is 0. The van der Waals surface area contributed by atoms with Crippen molar-refractivity contribution in [1.82, 2.24) is 0 Å². The minimum atomic E-state index is -1.10. The topological polar surface area (TPSA) is 74.6 Å². The quantitative estimate of drug-likeness (QED) is 0.616. The first-order valence-corrected chi connectivity index (χ1v) is 6.15. The molecule has 1 aromatic carbocycles. The highest BCUT2D eigenvalue weighted by molar-refractivity contribution is 5.93. The number of aliphatic carboxylic acids is 2. The highest BCUT2D eigenvalue weighted by atomic mass is 16.4. The summed E-state index contributed by atoms with van der Waals surface area (Å²) in [5.41, 5.74) is 1.44. The van der Waals surface area contributed by atoms with Gasteiger partial charge < -0.3 is 10.2 Å². The van der Waals surface area contributed by atoms with Gasteiger partial charge in [0.15, 0.2) is 0 Å². The zero-order chi connectivity index (χ0) is 15.0. The largest absolute Gasteiger partial charge is 0.478 e. The van der Waals surface area contributed by atoms with Gasteiger partial charge in [-0.3, -0.25) is 0 Å². The summed E-state index contributed by atoms with van der Waals surface area (Å²) in [6.45, 7) is 1.78. The van der Waals surface area contributed by atoms with Crippen LogP contribution in [0.15, 0.2) is 59.7 Å². The average molecular weight is 272 g/mol. The lowest BCUT2D eigenvalue weighted by Gasteiger charge is -2.02. The van der Waals surface area contributed by atoms with E-state index in [0.29, 0.717) is 12.0 Å². The van der Waals surface area contributed by atoms with Gasteiger partial charge in [-0.1, -0.05) is 49.4 Å². The van der Waals surface area contributed by atoms with Crippen LogP contribution in [0.4, 0.5) is 0 Å². The molecule has 0 amide bonds.